The van der Waals surface area contributed by atoms with E-state index in [1.165, 1.54) is 78.4 Å². The molecule has 0 saturated heterocycles. The van der Waals surface area contributed by atoms with Crippen LogP contribution in [0.25, 0.3) is 0 Å². The molecule has 7 aromatic carbocycles. The van der Waals surface area contributed by atoms with E-state index in [2.05, 4.69) is 19.1 Å². The summed E-state index contributed by atoms with van der Waals surface area (Å²) < 4.78 is 0. The Morgan fingerprint density at radius 2 is 0.216 bits per heavy atom. The van der Waals surface area contributed by atoms with Crippen LogP contribution in [0.5, 0.6) is 69.0 Å². The second-order valence-corrected chi connectivity index (χ2v) is 20.8. The van der Waals surface area contributed by atoms with E-state index in [0.717, 1.165) is 0 Å². The molecule has 29 heteroatoms. The first-order valence-electron chi connectivity index (χ1n) is 29.7. The van der Waals surface area contributed by atoms with Crippen LogP contribution in [0.15, 0.2) is 176 Å². The Kier molecular flexibility index (Phi) is 139. The van der Waals surface area contributed by atoms with Crippen LogP contribution >= 0.6 is 0 Å². The molecule has 7 rings (SSSR count). The summed E-state index contributed by atoms with van der Waals surface area (Å²) in [4.78, 5) is 0. The second kappa shape index (κ2) is 101. The number of hydrogen-bond donors (Lipinski definition) is 0. The van der Waals surface area contributed by atoms with E-state index in [1.54, 1.807) is 211 Å². The third-order valence-corrected chi connectivity index (χ3v) is 6.04. The van der Waals surface area contributed by atoms with Crippen LogP contribution in [0.2, 0.25) is 0 Å². The standard InChI is InChI=1S/C7H8.6C6H6O2.10C3H7O.O.6Ti/c1-7-5-3-2-4-6-7;6*7-5-3-1-2-4-6(5)8;10*1-3(2)4;;;;;;;/h2-6H,1H3;6*1-4,7-8H;10*3H,1-2H3;;;;;;;/q;;;;;;;10*-1;-2;6*+4/p-12. The number of hydrogen-bond acceptors (Lipinski definition) is 22. The summed E-state index contributed by atoms with van der Waals surface area (Å²) in [6.07, 6.45) is -4.17. The van der Waals surface area contributed by atoms with Gasteiger partial charge in [0.1, 0.15) is 0 Å². The van der Waals surface area contributed by atoms with Crippen molar-refractivity contribution in [2.45, 2.75) is 206 Å². The first kappa shape index (κ1) is 141. The minimum absolute atomic E-state index is 0. The van der Waals surface area contributed by atoms with Crippen LogP contribution in [0, 0.1) is 6.92 Å². The third kappa shape index (κ3) is 177. The predicted octanol–water partition coefficient (Wildman–Crippen LogP) is -1.58. The molecule has 23 nitrogen and oxygen atoms in total. The molecule has 0 unspecified atom stereocenters. The topological polar surface area (TPSA) is 536 Å². The molecule has 0 spiro atoms. The minimum atomic E-state index is -0.437. The molecule has 102 heavy (non-hydrogen) atoms. The van der Waals surface area contributed by atoms with Gasteiger partial charge in [0.15, 0.2) is 0 Å². The summed E-state index contributed by atoms with van der Waals surface area (Å²) in [6, 6.07) is 43.8. The zero-order chi connectivity index (χ0) is 76.8. The molecule has 0 aromatic heterocycles. The maximum Gasteiger partial charge on any atom is 4.00 e. The van der Waals surface area contributed by atoms with Crippen molar-refractivity contribution in [2.24, 2.45) is 0 Å². The largest absolute Gasteiger partial charge is 4.00 e. The van der Waals surface area contributed by atoms with E-state index in [9.17, 15) is 112 Å². The molecule has 0 aliphatic rings. The van der Waals surface area contributed by atoms with Crippen molar-refractivity contribution in [3.05, 3.63) is 181 Å². The molecule has 556 valence electrons. The molecule has 0 fully saturated rings. The molecule has 7 aromatic rings. The average molecular weight is 1630 g/mol. The predicted molar refractivity (Wildman–Crippen MR) is 335 cm³/mol. The zero-order valence-corrected chi connectivity index (χ0v) is 71.8. The van der Waals surface area contributed by atoms with Crippen molar-refractivity contribution < 1.29 is 248 Å². The monoisotopic (exact) mass is 1630 g/mol. The molecule has 0 aliphatic heterocycles. The smallest absolute Gasteiger partial charge is 2.00 e. The number of aryl methyl sites for hydroxylation is 1. The van der Waals surface area contributed by atoms with Crippen LogP contribution in [-0.2, 0) is 136 Å². The molecule has 0 amide bonds. The summed E-state index contributed by atoms with van der Waals surface area (Å²) in [5.41, 5.74) is 1.32. The molecule has 0 radical (unpaired) electrons. The molecule has 0 heterocycles. The van der Waals surface area contributed by atoms with E-state index < -0.39 is 130 Å². The van der Waals surface area contributed by atoms with Crippen molar-refractivity contribution in [1.29, 1.82) is 0 Å². The van der Waals surface area contributed by atoms with Crippen molar-refractivity contribution in [3.8, 4) is 69.0 Å². The van der Waals surface area contributed by atoms with Gasteiger partial charge >= 0.3 is 130 Å². The second-order valence-electron chi connectivity index (χ2n) is 20.8. The van der Waals surface area contributed by atoms with Crippen LogP contribution in [-0.4, -0.2) is 61.0 Å². The van der Waals surface area contributed by atoms with Crippen molar-refractivity contribution in [3.63, 3.8) is 0 Å². The van der Waals surface area contributed by atoms with Crippen molar-refractivity contribution in [1.82, 2.24) is 0 Å². The first-order valence-corrected chi connectivity index (χ1v) is 29.7. The van der Waals surface area contributed by atoms with Gasteiger partial charge in [0, 0.05) is 0 Å². The van der Waals surface area contributed by atoms with E-state index in [0.29, 0.717) is 0 Å². The molecule has 0 N–H and O–H groups in total. The number of benzene rings is 7. The maximum atomic E-state index is 10.3. The van der Waals surface area contributed by atoms with E-state index in [4.69, 9.17) is 0 Å². The van der Waals surface area contributed by atoms with Gasteiger partial charge in [-0.3, -0.25) is 0 Å². The van der Waals surface area contributed by atoms with Gasteiger partial charge in [-0.2, -0.15) is 0 Å². The van der Waals surface area contributed by atoms with E-state index in [-0.39, 0.29) is 136 Å². The van der Waals surface area contributed by atoms with Gasteiger partial charge in [0.2, 0.25) is 0 Å². The van der Waals surface area contributed by atoms with E-state index >= 15 is 0 Å². The fourth-order valence-corrected chi connectivity index (χ4v) is 3.24. The quantitative estimate of drug-likeness (QED) is 0.155. The minimum Gasteiger partial charge on any atom is -2.00 e. The van der Waals surface area contributed by atoms with Gasteiger partial charge < -0.3 is 118 Å². The Morgan fingerprint density at radius 1 is 0.157 bits per heavy atom. The summed E-state index contributed by atoms with van der Waals surface area (Å²) in [7, 11) is 0. The fourth-order valence-electron chi connectivity index (χ4n) is 3.24. The van der Waals surface area contributed by atoms with Gasteiger partial charge in [-0.1, -0.05) is 320 Å². The maximum absolute atomic E-state index is 10.3. The van der Waals surface area contributed by atoms with Crippen LogP contribution in [0.4, 0.5) is 0 Å². The third-order valence-electron chi connectivity index (χ3n) is 6.04. The van der Waals surface area contributed by atoms with Crippen LogP contribution in [0.3, 0.4) is 0 Å². The molecule has 0 aliphatic carbocycles. The Bertz CT molecular complexity index is 2060. The fraction of sp³-hybridized carbons (Fsp3) is 0.425. The molecule has 0 bridgehead atoms. The summed E-state index contributed by atoms with van der Waals surface area (Å²) in [6.45, 7) is 34.3. The van der Waals surface area contributed by atoms with Crippen LogP contribution in [0.1, 0.15) is 144 Å². The van der Waals surface area contributed by atoms with Gasteiger partial charge in [0.05, 0.1) is 0 Å². The van der Waals surface area contributed by atoms with Gasteiger partial charge in [-0.25, -0.2) is 0 Å². The van der Waals surface area contributed by atoms with Crippen molar-refractivity contribution >= 4 is 0 Å². The van der Waals surface area contributed by atoms with Gasteiger partial charge in [-0.15, -0.1) is 130 Å². The molecular formula is C73H102O23Ti6. The summed E-state index contributed by atoms with van der Waals surface area (Å²) >= 11 is 0. The molecule has 0 saturated carbocycles. The Labute approximate surface area is 698 Å². The Balaban J connectivity index is -0.0000000505. The Hall–Kier alpha value is -4.01. The SMILES string of the molecule is CC(C)[O-].CC(C)[O-].CC(C)[O-].CC(C)[O-].CC(C)[O-].CC(C)[O-].CC(C)[O-].CC(C)[O-].CC(C)[O-].CC(C)[O-].Cc1ccccc1.[O-2].[O-]c1ccccc1[O-].[O-]c1ccccc1[O-].[O-]c1ccccc1[O-].[O-]c1ccccc1[O-].[O-]c1ccccc1[O-].[O-]c1ccccc1[O-].[Ti+4].[Ti+4].[Ti+4].[Ti+4].[Ti+4].[Ti+4]. The number of rotatable bonds is 0. The van der Waals surface area contributed by atoms with Crippen LogP contribution < -0.4 is 112 Å². The van der Waals surface area contributed by atoms with E-state index in [1.807, 2.05) is 18.2 Å². The van der Waals surface area contributed by atoms with Gasteiger partial charge in [0.25, 0.3) is 0 Å². The first-order chi connectivity index (χ1) is 43.5. The van der Waals surface area contributed by atoms with Gasteiger partial charge in [-0.05, 0) is 6.92 Å². The summed E-state index contributed by atoms with van der Waals surface area (Å²) in [5, 5.41) is 219. The normalized spacial score (nSPS) is 8.36. The Morgan fingerprint density at radius 3 is 0.255 bits per heavy atom. The number of para-hydroxylation sites is 12. The molecular weight excluding hydrogens is 1530 g/mol. The van der Waals surface area contributed by atoms with Crippen molar-refractivity contribution in [2.75, 3.05) is 0 Å². The molecule has 0 atom stereocenters. The average Bonchev–Trinajstić information content (AvgIpc) is 1.00. The summed E-state index contributed by atoms with van der Waals surface area (Å²) in [5.74, 6) is -5.25. The zero-order valence-electron chi connectivity index (χ0n) is 62.4.